The van der Waals surface area contributed by atoms with E-state index in [2.05, 4.69) is 12.2 Å². The second kappa shape index (κ2) is 8.37. The van der Waals surface area contributed by atoms with Crippen LogP contribution < -0.4 is 10.1 Å². The maximum atomic E-state index is 12.4. The number of nitrogens with one attached hydrogen (secondary N) is 1. The van der Waals surface area contributed by atoms with Gasteiger partial charge in [0.2, 0.25) is 0 Å². The maximum absolute atomic E-state index is 12.4. The van der Waals surface area contributed by atoms with Gasteiger partial charge in [0.05, 0.1) is 0 Å². The van der Waals surface area contributed by atoms with Crippen LogP contribution in [-0.4, -0.2) is 12.0 Å². The molecule has 122 valence electrons. The fraction of sp³-hybridized carbons (Fsp3) is 0.350. The van der Waals surface area contributed by atoms with Crippen molar-refractivity contribution in [2.24, 2.45) is 0 Å². The van der Waals surface area contributed by atoms with E-state index in [9.17, 15) is 4.79 Å². The average Bonchev–Trinajstić information content (AvgIpc) is 2.59. The van der Waals surface area contributed by atoms with E-state index >= 15 is 0 Å². The number of rotatable bonds is 7. The monoisotopic (exact) mass is 311 g/mol. The van der Waals surface area contributed by atoms with Crippen molar-refractivity contribution in [1.82, 2.24) is 5.32 Å². The molecule has 3 heteroatoms. The Hall–Kier alpha value is -2.29. The minimum absolute atomic E-state index is 0.0738. The molecule has 0 aromatic heterocycles. The SMILES string of the molecule is CCc1ccc(O[C@H](CC)C(=O)NCc2ccccc2C)cc1. The normalized spacial score (nSPS) is 11.8. The van der Waals surface area contributed by atoms with Crippen LogP contribution >= 0.6 is 0 Å². The maximum Gasteiger partial charge on any atom is 0.261 e. The third kappa shape index (κ3) is 4.85. The standard InChI is InChI=1S/C20H25NO2/c1-4-16-10-12-18(13-11-16)23-19(5-2)20(22)21-14-17-9-7-6-8-15(17)3/h6-13,19H,4-5,14H2,1-3H3,(H,21,22)/t19-/m1/s1. The number of carbonyl (C=O) groups is 1. The predicted molar refractivity (Wildman–Crippen MR) is 93.6 cm³/mol. The molecule has 0 bridgehead atoms. The topological polar surface area (TPSA) is 38.3 Å². The number of benzene rings is 2. The van der Waals surface area contributed by atoms with E-state index in [1.807, 2.05) is 62.4 Å². The molecule has 0 radical (unpaired) electrons. The lowest BCUT2D eigenvalue weighted by Crippen LogP contribution is -2.37. The number of hydrogen-bond acceptors (Lipinski definition) is 2. The Kier molecular flexibility index (Phi) is 6.21. The summed E-state index contributed by atoms with van der Waals surface area (Å²) in [4.78, 5) is 12.4. The van der Waals surface area contributed by atoms with E-state index in [0.29, 0.717) is 13.0 Å². The Morgan fingerprint density at radius 2 is 1.78 bits per heavy atom. The van der Waals surface area contributed by atoms with Gasteiger partial charge in [0.15, 0.2) is 6.10 Å². The van der Waals surface area contributed by atoms with Crippen LogP contribution in [0.25, 0.3) is 0 Å². The highest BCUT2D eigenvalue weighted by atomic mass is 16.5. The minimum atomic E-state index is -0.466. The van der Waals surface area contributed by atoms with Gasteiger partial charge in [-0.2, -0.15) is 0 Å². The molecule has 23 heavy (non-hydrogen) atoms. The van der Waals surface area contributed by atoms with Crippen molar-refractivity contribution in [3.05, 3.63) is 65.2 Å². The van der Waals surface area contributed by atoms with Gasteiger partial charge < -0.3 is 10.1 Å². The molecule has 2 aromatic rings. The van der Waals surface area contributed by atoms with Crippen molar-refractivity contribution < 1.29 is 9.53 Å². The van der Waals surface area contributed by atoms with E-state index in [1.54, 1.807) is 0 Å². The first-order chi connectivity index (χ1) is 11.1. The third-order valence-electron chi connectivity index (χ3n) is 3.99. The second-order valence-corrected chi connectivity index (χ2v) is 5.66. The molecule has 2 rings (SSSR count). The van der Waals surface area contributed by atoms with Gasteiger partial charge >= 0.3 is 0 Å². The number of hydrogen-bond donors (Lipinski definition) is 1. The Morgan fingerprint density at radius 1 is 1.09 bits per heavy atom. The van der Waals surface area contributed by atoms with Crippen molar-refractivity contribution in [1.29, 1.82) is 0 Å². The number of carbonyl (C=O) groups excluding carboxylic acids is 1. The number of aryl methyl sites for hydroxylation is 2. The molecule has 0 unspecified atom stereocenters. The number of amides is 1. The summed E-state index contributed by atoms with van der Waals surface area (Å²) in [6.45, 7) is 6.65. The molecule has 0 aliphatic heterocycles. The zero-order chi connectivity index (χ0) is 16.7. The van der Waals surface area contributed by atoms with Gasteiger partial charge in [-0.3, -0.25) is 4.79 Å². The summed E-state index contributed by atoms with van der Waals surface area (Å²) in [5.41, 5.74) is 3.56. The molecular weight excluding hydrogens is 286 g/mol. The van der Waals surface area contributed by atoms with E-state index in [1.165, 1.54) is 11.1 Å². The summed E-state index contributed by atoms with van der Waals surface area (Å²) in [6.07, 6.45) is 1.16. The molecule has 0 heterocycles. The molecule has 1 amide bonds. The molecule has 3 nitrogen and oxygen atoms in total. The second-order valence-electron chi connectivity index (χ2n) is 5.66. The smallest absolute Gasteiger partial charge is 0.261 e. The summed E-state index contributed by atoms with van der Waals surface area (Å²) in [6, 6.07) is 16.0. The molecule has 0 fully saturated rings. The van der Waals surface area contributed by atoms with Crippen LogP contribution in [0, 0.1) is 6.92 Å². The lowest BCUT2D eigenvalue weighted by molar-refractivity contribution is -0.128. The lowest BCUT2D eigenvalue weighted by atomic mass is 10.1. The van der Waals surface area contributed by atoms with Gasteiger partial charge in [-0.1, -0.05) is 50.2 Å². The van der Waals surface area contributed by atoms with Gasteiger partial charge in [0.25, 0.3) is 5.91 Å². The van der Waals surface area contributed by atoms with Crippen LogP contribution in [0.5, 0.6) is 5.75 Å². The lowest BCUT2D eigenvalue weighted by Gasteiger charge is -2.18. The summed E-state index contributed by atoms with van der Waals surface area (Å²) in [7, 11) is 0. The predicted octanol–water partition coefficient (Wildman–Crippen LogP) is 4.03. The van der Waals surface area contributed by atoms with Crippen molar-refractivity contribution >= 4 is 5.91 Å². The zero-order valence-corrected chi connectivity index (χ0v) is 14.1. The Labute approximate surface area is 138 Å². The van der Waals surface area contributed by atoms with Gasteiger partial charge in [-0.15, -0.1) is 0 Å². The molecule has 1 atom stereocenters. The summed E-state index contributed by atoms with van der Waals surface area (Å²) in [5, 5.41) is 2.97. The Bertz CT molecular complexity index is 634. The van der Waals surface area contributed by atoms with Crippen LogP contribution in [0.4, 0.5) is 0 Å². The zero-order valence-electron chi connectivity index (χ0n) is 14.1. The largest absolute Gasteiger partial charge is 0.481 e. The average molecular weight is 311 g/mol. The summed E-state index contributed by atoms with van der Waals surface area (Å²) >= 11 is 0. The first kappa shape index (κ1) is 17.1. The minimum Gasteiger partial charge on any atom is -0.481 e. The molecule has 0 saturated heterocycles. The van der Waals surface area contributed by atoms with Gasteiger partial charge in [0, 0.05) is 6.54 Å². The van der Waals surface area contributed by atoms with Crippen LogP contribution in [-0.2, 0) is 17.8 Å². The van der Waals surface area contributed by atoms with Crippen molar-refractivity contribution in [2.45, 2.75) is 46.3 Å². The molecule has 0 spiro atoms. The molecule has 0 aliphatic rings. The van der Waals surface area contributed by atoms with Gasteiger partial charge in [0.1, 0.15) is 5.75 Å². The Balaban J connectivity index is 1.94. The van der Waals surface area contributed by atoms with E-state index < -0.39 is 6.10 Å². The highest BCUT2D eigenvalue weighted by molar-refractivity contribution is 5.81. The van der Waals surface area contributed by atoms with Crippen LogP contribution in [0.2, 0.25) is 0 Å². The van der Waals surface area contributed by atoms with Gasteiger partial charge in [-0.05, 0) is 48.6 Å². The van der Waals surface area contributed by atoms with Crippen molar-refractivity contribution in [2.75, 3.05) is 0 Å². The Morgan fingerprint density at radius 3 is 2.39 bits per heavy atom. The fourth-order valence-corrected chi connectivity index (χ4v) is 2.39. The highest BCUT2D eigenvalue weighted by Crippen LogP contribution is 2.16. The molecule has 2 aromatic carbocycles. The molecular formula is C20H25NO2. The third-order valence-corrected chi connectivity index (χ3v) is 3.99. The van der Waals surface area contributed by atoms with Crippen molar-refractivity contribution in [3.63, 3.8) is 0 Å². The number of ether oxygens (including phenoxy) is 1. The molecule has 0 aliphatic carbocycles. The summed E-state index contributed by atoms with van der Waals surface area (Å²) in [5.74, 6) is 0.662. The van der Waals surface area contributed by atoms with E-state index in [4.69, 9.17) is 4.74 Å². The first-order valence-electron chi connectivity index (χ1n) is 8.21. The van der Waals surface area contributed by atoms with Crippen LogP contribution in [0.1, 0.15) is 37.0 Å². The van der Waals surface area contributed by atoms with Crippen LogP contribution in [0.15, 0.2) is 48.5 Å². The fourth-order valence-electron chi connectivity index (χ4n) is 2.39. The van der Waals surface area contributed by atoms with E-state index in [0.717, 1.165) is 17.7 Å². The molecule has 1 N–H and O–H groups in total. The van der Waals surface area contributed by atoms with Gasteiger partial charge in [-0.25, -0.2) is 0 Å². The quantitative estimate of drug-likeness (QED) is 0.838. The molecule has 0 saturated carbocycles. The van der Waals surface area contributed by atoms with Crippen molar-refractivity contribution in [3.8, 4) is 5.75 Å². The van der Waals surface area contributed by atoms with E-state index in [-0.39, 0.29) is 5.91 Å². The first-order valence-corrected chi connectivity index (χ1v) is 8.21. The van der Waals surface area contributed by atoms with Crippen LogP contribution in [0.3, 0.4) is 0 Å². The summed E-state index contributed by atoms with van der Waals surface area (Å²) < 4.78 is 5.83. The highest BCUT2D eigenvalue weighted by Gasteiger charge is 2.18.